The number of amides is 1. The summed E-state index contributed by atoms with van der Waals surface area (Å²) in [5.74, 6) is -3.39. The van der Waals surface area contributed by atoms with E-state index in [-0.39, 0.29) is 31.6 Å². The van der Waals surface area contributed by atoms with Crippen molar-refractivity contribution in [3.8, 4) is 0 Å². The van der Waals surface area contributed by atoms with E-state index < -0.39 is 11.8 Å². The maximum atomic E-state index is 13.1. The first-order valence-electron chi connectivity index (χ1n) is 6.91. The zero-order chi connectivity index (χ0) is 15.3. The zero-order valence-electron chi connectivity index (χ0n) is 11.5. The molecule has 112 valence electrons. The number of aldehydes is 1. The van der Waals surface area contributed by atoms with Crippen LogP contribution < -0.4 is 5.32 Å². The van der Waals surface area contributed by atoms with Gasteiger partial charge in [0.2, 0.25) is 11.8 Å². The summed E-state index contributed by atoms with van der Waals surface area (Å²) in [4.78, 5) is 22.9. The Bertz CT molecular complexity index is 530. The van der Waals surface area contributed by atoms with Crippen molar-refractivity contribution in [2.24, 2.45) is 5.92 Å². The number of carbonyl (C=O) groups is 2. The predicted octanol–water partition coefficient (Wildman–Crippen LogP) is 3.17. The molecule has 0 spiro atoms. The van der Waals surface area contributed by atoms with Gasteiger partial charge in [0.15, 0.2) is 0 Å². The van der Waals surface area contributed by atoms with E-state index in [1.54, 1.807) is 24.3 Å². The SMILES string of the molecule is O=CC=C(NC(=O)C1CCC(F)(F)CC1)c1ccccc1. The number of nitrogens with one attached hydrogen (secondary N) is 1. The minimum absolute atomic E-state index is 0.169. The lowest BCUT2D eigenvalue weighted by atomic mass is 9.86. The molecule has 1 aliphatic rings. The number of hydrogen-bond acceptors (Lipinski definition) is 2. The van der Waals surface area contributed by atoms with E-state index in [9.17, 15) is 18.4 Å². The van der Waals surface area contributed by atoms with E-state index in [2.05, 4.69) is 5.32 Å². The lowest BCUT2D eigenvalue weighted by Gasteiger charge is -2.27. The Morgan fingerprint density at radius 2 is 1.81 bits per heavy atom. The standard InChI is InChI=1S/C16H17F2NO2/c17-16(18)9-6-13(7-10-16)15(21)19-14(8-11-20)12-4-2-1-3-5-12/h1-5,8,11,13H,6-7,9-10H2,(H,19,21). The highest BCUT2D eigenvalue weighted by Crippen LogP contribution is 2.36. The van der Waals surface area contributed by atoms with E-state index >= 15 is 0 Å². The van der Waals surface area contributed by atoms with Crippen molar-refractivity contribution in [2.45, 2.75) is 31.6 Å². The van der Waals surface area contributed by atoms with Gasteiger partial charge in [-0.3, -0.25) is 9.59 Å². The first-order chi connectivity index (χ1) is 10.0. The molecular weight excluding hydrogens is 276 g/mol. The molecule has 0 bridgehead atoms. The van der Waals surface area contributed by atoms with Gasteiger partial charge in [0.1, 0.15) is 6.29 Å². The molecular formula is C16H17F2NO2. The van der Waals surface area contributed by atoms with Crippen LogP contribution in [0.5, 0.6) is 0 Å². The third-order valence-corrected chi connectivity index (χ3v) is 3.67. The molecule has 1 amide bonds. The van der Waals surface area contributed by atoms with Crippen LogP contribution in [0.25, 0.3) is 5.70 Å². The molecule has 1 fully saturated rings. The van der Waals surface area contributed by atoms with Gasteiger partial charge in [0.05, 0.1) is 5.70 Å². The highest BCUT2D eigenvalue weighted by Gasteiger charge is 2.37. The number of hydrogen-bond donors (Lipinski definition) is 1. The first kappa shape index (κ1) is 15.4. The molecule has 0 heterocycles. The highest BCUT2D eigenvalue weighted by atomic mass is 19.3. The molecule has 1 aliphatic carbocycles. The summed E-state index contributed by atoms with van der Waals surface area (Å²) in [6.07, 6.45) is 1.68. The Morgan fingerprint density at radius 1 is 1.19 bits per heavy atom. The van der Waals surface area contributed by atoms with Crippen molar-refractivity contribution >= 4 is 17.9 Å². The van der Waals surface area contributed by atoms with Crippen LogP contribution in [0.4, 0.5) is 8.78 Å². The molecule has 3 nitrogen and oxygen atoms in total. The topological polar surface area (TPSA) is 46.2 Å². The summed E-state index contributed by atoms with van der Waals surface area (Å²) in [5.41, 5.74) is 1.10. The van der Waals surface area contributed by atoms with E-state index in [4.69, 9.17) is 0 Å². The summed E-state index contributed by atoms with van der Waals surface area (Å²) < 4.78 is 26.2. The second-order valence-electron chi connectivity index (χ2n) is 5.20. The largest absolute Gasteiger partial charge is 0.325 e. The summed E-state index contributed by atoms with van der Waals surface area (Å²) >= 11 is 0. The molecule has 0 saturated heterocycles. The Kier molecular flexibility index (Phi) is 4.83. The van der Waals surface area contributed by atoms with Crippen molar-refractivity contribution in [2.75, 3.05) is 0 Å². The molecule has 1 N–H and O–H groups in total. The maximum Gasteiger partial charge on any atom is 0.248 e. The highest BCUT2D eigenvalue weighted by molar-refractivity contribution is 5.92. The van der Waals surface area contributed by atoms with Crippen LogP contribution in [0.1, 0.15) is 31.2 Å². The summed E-state index contributed by atoms with van der Waals surface area (Å²) in [5, 5.41) is 2.68. The fourth-order valence-electron chi connectivity index (χ4n) is 2.43. The molecule has 0 atom stereocenters. The van der Waals surface area contributed by atoms with Gasteiger partial charge in [-0.15, -0.1) is 0 Å². The number of allylic oxidation sites excluding steroid dienone is 1. The van der Waals surface area contributed by atoms with Crippen LogP contribution in [-0.2, 0) is 9.59 Å². The van der Waals surface area contributed by atoms with Gasteiger partial charge < -0.3 is 5.32 Å². The Labute approximate surface area is 122 Å². The van der Waals surface area contributed by atoms with E-state index in [0.717, 1.165) is 0 Å². The second kappa shape index (κ2) is 6.61. The van der Waals surface area contributed by atoms with E-state index in [1.165, 1.54) is 6.08 Å². The van der Waals surface area contributed by atoms with Crippen molar-refractivity contribution in [3.63, 3.8) is 0 Å². The van der Waals surface area contributed by atoms with Crippen LogP contribution in [0, 0.1) is 5.92 Å². The van der Waals surface area contributed by atoms with Gasteiger partial charge in [-0.25, -0.2) is 8.78 Å². The van der Waals surface area contributed by atoms with Crippen LogP contribution in [-0.4, -0.2) is 18.1 Å². The molecule has 0 aliphatic heterocycles. The number of halogens is 2. The third kappa shape index (κ3) is 4.21. The van der Waals surface area contributed by atoms with Gasteiger partial charge >= 0.3 is 0 Å². The summed E-state index contributed by atoms with van der Waals surface area (Å²) in [6.45, 7) is 0. The van der Waals surface area contributed by atoms with Gasteiger partial charge in [-0.05, 0) is 18.4 Å². The Morgan fingerprint density at radius 3 is 2.38 bits per heavy atom. The fourth-order valence-corrected chi connectivity index (χ4v) is 2.43. The minimum Gasteiger partial charge on any atom is -0.325 e. The third-order valence-electron chi connectivity index (χ3n) is 3.67. The molecule has 1 aromatic carbocycles. The summed E-state index contributed by atoms with van der Waals surface area (Å²) in [6, 6.07) is 8.95. The van der Waals surface area contributed by atoms with Gasteiger partial charge in [-0.1, -0.05) is 30.3 Å². The normalized spacial score (nSPS) is 19.0. The smallest absolute Gasteiger partial charge is 0.248 e. The molecule has 1 saturated carbocycles. The van der Waals surface area contributed by atoms with Crippen molar-refractivity contribution in [1.29, 1.82) is 0 Å². The number of carbonyl (C=O) groups excluding carboxylic acids is 2. The van der Waals surface area contributed by atoms with Gasteiger partial charge in [0, 0.05) is 24.8 Å². The molecule has 21 heavy (non-hydrogen) atoms. The van der Waals surface area contributed by atoms with E-state index in [0.29, 0.717) is 17.5 Å². The lowest BCUT2D eigenvalue weighted by molar-refractivity contribution is -0.127. The van der Waals surface area contributed by atoms with E-state index in [1.807, 2.05) is 6.07 Å². The second-order valence-corrected chi connectivity index (χ2v) is 5.20. The minimum atomic E-state index is -2.66. The molecule has 2 rings (SSSR count). The van der Waals surface area contributed by atoms with Gasteiger partial charge in [0.25, 0.3) is 0 Å². The predicted molar refractivity (Wildman–Crippen MR) is 75.5 cm³/mol. The Hall–Kier alpha value is -2.04. The molecule has 0 aromatic heterocycles. The van der Waals surface area contributed by atoms with Crippen LogP contribution >= 0.6 is 0 Å². The Balaban J connectivity index is 2.03. The fraction of sp³-hybridized carbons (Fsp3) is 0.375. The number of alkyl halides is 2. The average molecular weight is 293 g/mol. The summed E-state index contributed by atoms with van der Waals surface area (Å²) in [7, 11) is 0. The lowest BCUT2D eigenvalue weighted by Crippen LogP contribution is -2.35. The van der Waals surface area contributed by atoms with Crippen molar-refractivity contribution in [1.82, 2.24) is 5.32 Å². The molecule has 0 radical (unpaired) electrons. The zero-order valence-corrected chi connectivity index (χ0v) is 11.5. The maximum absolute atomic E-state index is 13.1. The molecule has 0 unspecified atom stereocenters. The number of benzene rings is 1. The van der Waals surface area contributed by atoms with Crippen LogP contribution in [0.3, 0.4) is 0 Å². The average Bonchev–Trinajstić information content (AvgIpc) is 2.47. The number of rotatable bonds is 4. The quantitative estimate of drug-likeness (QED) is 0.684. The van der Waals surface area contributed by atoms with Crippen molar-refractivity contribution < 1.29 is 18.4 Å². The molecule has 5 heteroatoms. The molecule has 1 aromatic rings. The monoisotopic (exact) mass is 293 g/mol. The van der Waals surface area contributed by atoms with Crippen molar-refractivity contribution in [3.05, 3.63) is 42.0 Å². The first-order valence-corrected chi connectivity index (χ1v) is 6.91. The van der Waals surface area contributed by atoms with Gasteiger partial charge in [-0.2, -0.15) is 0 Å². The van der Waals surface area contributed by atoms with Crippen LogP contribution in [0.15, 0.2) is 36.4 Å². The van der Waals surface area contributed by atoms with Crippen LogP contribution in [0.2, 0.25) is 0 Å².